The van der Waals surface area contributed by atoms with E-state index >= 15 is 0 Å². The molecule has 14 heavy (non-hydrogen) atoms. The summed E-state index contributed by atoms with van der Waals surface area (Å²) in [5.74, 6) is 1.23. The Labute approximate surface area is 81.4 Å². The predicted octanol–water partition coefficient (Wildman–Crippen LogP) is 0.979. The molecular formula is C9H10N4O. The van der Waals surface area contributed by atoms with E-state index in [0.717, 1.165) is 11.5 Å². The highest BCUT2D eigenvalue weighted by Gasteiger charge is 1.99. The summed E-state index contributed by atoms with van der Waals surface area (Å²) < 4.78 is 6.72. The molecule has 0 atom stereocenters. The van der Waals surface area contributed by atoms with Gasteiger partial charge in [-0.15, -0.1) is 0 Å². The van der Waals surface area contributed by atoms with E-state index in [1.807, 2.05) is 17.7 Å². The lowest BCUT2D eigenvalue weighted by atomic mass is 10.5. The Morgan fingerprint density at radius 3 is 2.57 bits per heavy atom. The highest BCUT2D eigenvalue weighted by Crippen LogP contribution is 2.07. The summed E-state index contributed by atoms with van der Waals surface area (Å²) in [5.41, 5.74) is 0.947. The third-order valence-corrected chi connectivity index (χ3v) is 1.80. The molecule has 72 valence electrons. The van der Waals surface area contributed by atoms with Crippen LogP contribution in [0.15, 0.2) is 24.9 Å². The fraction of sp³-hybridized carbons (Fsp3) is 0.222. The Morgan fingerprint density at radius 2 is 2.07 bits per heavy atom. The van der Waals surface area contributed by atoms with Gasteiger partial charge in [0.05, 0.1) is 25.2 Å². The van der Waals surface area contributed by atoms with Crippen molar-refractivity contribution in [3.63, 3.8) is 0 Å². The van der Waals surface area contributed by atoms with Gasteiger partial charge in [0.25, 0.3) is 0 Å². The van der Waals surface area contributed by atoms with E-state index in [1.54, 1.807) is 25.8 Å². The molecule has 0 spiro atoms. The van der Waals surface area contributed by atoms with Gasteiger partial charge in [-0.2, -0.15) is 0 Å². The first kappa shape index (κ1) is 8.68. The number of aryl methyl sites for hydroxylation is 1. The molecule has 0 saturated heterocycles. The number of hydrogen-bond donors (Lipinski definition) is 0. The van der Waals surface area contributed by atoms with Crippen molar-refractivity contribution in [2.45, 2.75) is 6.92 Å². The number of ether oxygens (including phenoxy) is 1. The molecule has 0 aromatic carbocycles. The Kier molecular flexibility index (Phi) is 2.14. The number of rotatable bonds is 2. The van der Waals surface area contributed by atoms with Crippen molar-refractivity contribution in [2.24, 2.45) is 0 Å². The molecule has 2 aromatic heterocycles. The molecule has 2 heterocycles. The maximum absolute atomic E-state index is 4.91. The molecule has 0 fully saturated rings. The van der Waals surface area contributed by atoms with Crippen LogP contribution in [0.2, 0.25) is 0 Å². The largest absolute Gasteiger partial charge is 0.480 e. The Hall–Kier alpha value is -1.91. The number of aromatic nitrogens is 4. The summed E-state index contributed by atoms with van der Waals surface area (Å²) in [4.78, 5) is 12.3. The minimum Gasteiger partial charge on any atom is -0.480 e. The third-order valence-electron chi connectivity index (χ3n) is 1.80. The molecular weight excluding hydrogens is 180 g/mol. The fourth-order valence-corrected chi connectivity index (χ4v) is 1.09. The number of methoxy groups -OCH3 is 1. The molecule has 2 aromatic rings. The third kappa shape index (κ3) is 1.56. The first-order valence-corrected chi connectivity index (χ1v) is 4.16. The normalized spacial score (nSPS) is 10.1. The van der Waals surface area contributed by atoms with Crippen LogP contribution in [-0.4, -0.2) is 26.6 Å². The minimum absolute atomic E-state index is 0.505. The molecule has 5 nitrogen and oxygen atoms in total. The molecule has 2 rings (SSSR count). The van der Waals surface area contributed by atoms with Gasteiger partial charge in [0.1, 0.15) is 6.33 Å². The number of imidazole rings is 1. The van der Waals surface area contributed by atoms with Gasteiger partial charge >= 0.3 is 0 Å². The van der Waals surface area contributed by atoms with Gasteiger partial charge in [-0.05, 0) is 6.92 Å². The molecule has 0 aliphatic heterocycles. The van der Waals surface area contributed by atoms with Crippen molar-refractivity contribution in [2.75, 3.05) is 7.11 Å². The quantitative estimate of drug-likeness (QED) is 0.708. The summed E-state index contributed by atoms with van der Waals surface area (Å²) in [6.45, 7) is 1.92. The molecule has 0 unspecified atom stereocenters. The number of nitrogens with zero attached hydrogens (tertiary/aromatic N) is 4. The second-order valence-electron chi connectivity index (χ2n) is 2.84. The van der Waals surface area contributed by atoms with Crippen LogP contribution in [0.4, 0.5) is 0 Å². The second-order valence-corrected chi connectivity index (χ2v) is 2.84. The SMILES string of the molecule is COc1cnc(-n2cnc(C)c2)cn1. The van der Waals surface area contributed by atoms with E-state index in [2.05, 4.69) is 15.0 Å². The van der Waals surface area contributed by atoms with Crippen LogP contribution in [0.1, 0.15) is 5.69 Å². The summed E-state index contributed by atoms with van der Waals surface area (Å²) in [6, 6.07) is 0. The maximum atomic E-state index is 4.91. The smallest absolute Gasteiger partial charge is 0.232 e. The zero-order valence-electron chi connectivity index (χ0n) is 8.01. The van der Waals surface area contributed by atoms with E-state index in [1.165, 1.54) is 0 Å². The van der Waals surface area contributed by atoms with E-state index in [0.29, 0.717) is 5.88 Å². The van der Waals surface area contributed by atoms with Crippen molar-refractivity contribution in [3.8, 4) is 11.7 Å². The average Bonchev–Trinajstić information content (AvgIpc) is 2.65. The summed E-state index contributed by atoms with van der Waals surface area (Å²) in [6.07, 6.45) is 6.80. The highest BCUT2D eigenvalue weighted by atomic mass is 16.5. The minimum atomic E-state index is 0.505. The van der Waals surface area contributed by atoms with Crippen LogP contribution in [0.5, 0.6) is 5.88 Å². The molecule has 0 saturated carbocycles. The Morgan fingerprint density at radius 1 is 1.21 bits per heavy atom. The van der Waals surface area contributed by atoms with Crippen LogP contribution >= 0.6 is 0 Å². The fourth-order valence-electron chi connectivity index (χ4n) is 1.09. The Balaban J connectivity index is 2.33. The topological polar surface area (TPSA) is 52.8 Å². The molecule has 0 amide bonds. The maximum Gasteiger partial charge on any atom is 0.232 e. The summed E-state index contributed by atoms with van der Waals surface area (Å²) in [5, 5.41) is 0. The van der Waals surface area contributed by atoms with Gasteiger partial charge in [0, 0.05) is 6.20 Å². The predicted molar refractivity (Wildman–Crippen MR) is 50.4 cm³/mol. The van der Waals surface area contributed by atoms with Crippen molar-refractivity contribution in [1.29, 1.82) is 0 Å². The molecule has 5 heteroatoms. The van der Waals surface area contributed by atoms with E-state index in [4.69, 9.17) is 4.74 Å². The van der Waals surface area contributed by atoms with Crippen LogP contribution in [0, 0.1) is 6.92 Å². The molecule has 0 aliphatic carbocycles. The van der Waals surface area contributed by atoms with Crippen molar-refractivity contribution >= 4 is 0 Å². The monoisotopic (exact) mass is 190 g/mol. The first-order chi connectivity index (χ1) is 6.79. The zero-order chi connectivity index (χ0) is 9.97. The van der Waals surface area contributed by atoms with Gasteiger partial charge in [0.15, 0.2) is 5.82 Å². The van der Waals surface area contributed by atoms with Crippen LogP contribution < -0.4 is 4.74 Å². The van der Waals surface area contributed by atoms with E-state index < -0.39 is 0 Å². The van der Waals surface area contributed by atoms with Crippen molar-refractivity contribution in [1.82, 2.24) is 19.5 Å². The van der Waals surface area contributed by atoms with Gasteiger partial charge < -0.3 is 4.74 Å². The Bertz CT molecular complexity index is 421. The lowest BCUT2D eigenvalue weighted by Gasteiger charge is -2.00. The summed E-state index contributed by atoms with van der Waals surface area (Å²) in [7, 11) is 1.56. The molecule has 0 aliphatic rings. The molecule has 0 N–H and O–H groups in total. The van der Waals surface area contributed by atoms with Crippen LogP contribution in [-0.2, 0) is 0 Å². The van der Waals surface area contributed by atoms with Gasteiger partial charge in [-0.25, -0.2) is 15.0 Å². The van der Waals surface area contributed by atoms with Gasteiger partial charge in [-0.3, -0.25) is 4.57 Å². The standard InChI is InChI=1S/C9H10N4O/c1-7-5-13(6-12-7)8-3-11-9(14-2)4-10-8/h3-6H,1-2H3. The van der Waals surface area contributed by atoms with Crippen molar-refractivity contribution in [3.05, 3.63) is 30.6 Å². The number of hydrogen-bond acceptors (Lipinski definition) is 4. The van der Waals surface area contributed by atoms with Gasteiger partial charge in [0.2, 0.25) is 5.88 Å². The molecule has 0 bridgehead atoms. The molecule has 0 radical (unpaired) electrons. The first-order valence-electron chi connectivity index (χ1n) is 4.16. The lowest BCUT2D eigenvalue weighted by Crippen LogP contribution is -1.96. The van der Waals surface area contributed by atoms with Crippen molar-refractivity contribution < 1.29 is 4.74 Å². The summed E-state index contributed by atoms with van der Waals surface area (Å²) >= 11 is 0. The lowest BCUT2D eigenvalue weighted by molar-refractivity contribution is 0.395. The van der Waals surface area contributed by atoms with Crippen LogP contribution in [0.25, 0.3) is 5.82 Å². The zero-order valence-corrected chi connectivity index (χ0v) is 8.01. The van der Waals surface area contributed by atoms with E-state index in [9.17, 15) is 0 Å². The highest BCUT2D eigenvalue weighted by molar-refractivity contribution is 5.21. The van der Waals surface area contributed by atoms with Crippen LogP contribution in [0.3, 0.4) is 0 Å². The average molecular weight is 190 g/mol. The van der Waals surface area contributed by atoms with Gasteiger partial charge in [-0.1, -0.05) is 0 Å². The second kappa shape index (κ2) is 3.45. The van der Waals surface area contributed by atoms with E-state index in [-0.39, 0.29) is 0 Å².